The maximum absolute atomic E-state index is 11.3. The van der Waals surface area contributed by atoms with Crippen molar-refractivity contribution in [1.29, 1.82) is 0 Å². The lowest BCUT2D eigenvalue weighted by Gasteiger charge is -2.27. The first-order valence-electron chi connectivity index (χ1n) is 6.07. The van der Waals surface area contributed by atoms with E-state index in [0.29, 0.717) is 0 Å². The zero-order valence-corrected chi connectivity index (χ0v) is 10.7. The summed E-state index contributed by atoms with van der Waals surface area (Å²) in [5.41, 5.74) is 8.70. The highest BCUT2D eigenvalue weighted by Gasteiger charge is 2.31. The Morgan fingerprint density at radius 3 is 2.82 bits per heavy atom. The normalized spacial score (nSPS) is 19.1. The molecule has 1 aliphatic carbocycles. The van der Waals surface area contributed by atoms with Gasteiger partial charge < -0.3 is 5.73 Å². The van der Waals surface area contributed by atoms with Crippen LogP contribution in [0.2, 0.25) is 0 Å². The van der Waals surface area contributed by atoms with Crippen molar-refractivity contribution in [3.05, 3.63) is 34.9 Å². The molecule has 2 rings (SSSR count). The summed E-state index contributed by atoms with van der Waals surface area (Å²) in [4.78, 5) is 11.3. The molecule has 0 aliphatic heterocycles. The Morgan fingerprint density at radius 2 is 2.18 bits per heavy atom. The number of hydrogen-bond acceptors (Lipinski definition) is 2. The third kappa shape index (κ3) is 2.34. The lowest BCUT2D eigenvalue weighted by Crippen LogP contribution is -2.51. The molecule has 0 aromatic heterocycles. The maximum atomic E-state index is 11.3. The van der Waals surface area contributed by atoms with Crippen molar-refractivity contribution >= 4 is 5.91 Å². The molecule has 1 aromatic carbocycles. The van der Waals surface area contributed by atoms with Gasteiger partial charge in [0.25, 0.3) is 0 Å². The molecule has 17 heavy (non-hydrogen) atoms. The first-order valence-corrected chi connectivity index (χ1v) is 6.07. The highest BCUT2D eigenvalue weighted by atomic mass is 16.1. The Bertz CT molecular complexity index is 452. The summed E-state index contributed by atoms with van der Waals surface area (Å²) in [5, 5.41) is 3.36. The fraction of sp³-hybridized carbons (Fsp3) is 0.500. The molecule has 1 atom stereocenters. The second kappa shape index (κ2) is 4.15. The van der Waals surface area contributed by atoms with Gasteiger partial charge in [-0.05, 0) is 44.7 Å². The number of nitrogens with one attached hydrogen (secondary N) is 1. The average Bonchev–Trinajstić information content (AvgIpc) is 2.60. The Hall–Kier alpha value is -1.35. The number of carbonyl (C=O) groups excluding carboxylic acids is 1. The molecule has 92 valence electrons. The predicted molar refractivity (Wildman–Crippen MR) is 68.7 cm³/mol. The van der Waals surface area contributed by atoms with Gasteiger partial charge in [0.05, 0.1) is 5.54 Å². The second-order valence-electron chi connectivity index (χ2n) is 5.43. The number of nitrogens with two attached hydrogens (primary N) is 1. The van der Waals surface area contributed by atoms with E-state index >= 15 is 0 Å². The highest BCUT2D eigenvalue weighted by molar-refractivity contribution is 5.83. The molecule has 0 bridgehead atoms. The average molecular weight is 232 g/mol. The SMILES string of the molecule is Cc1ccc2c(c1)C(NC(C)(C)C(N)=O)CC2. The summed E-state index contributed by atoms with van der Waals surface area (Å²) < 4.78 is 0. The number of benzene rings is 1. The minimum atomic E-state index is -0.657. The summed E-state index contributed by atoms with van der Waals surface area (Å²) in [7, 11) is 0. The van der Waals surface area contributed by atoms with Gasteiger partial charge in [-0.15, -0.1) is 0 Å². The van der Waals surface area contributed by atoms with Gasteiger partial charge in [-0.3, -0.25) is 10.1 Å². The van der Waals surface area contributed by atoms with Gasteiger partial charge in [0.15, 0.2) is 0 Å². The standard InChI is InChI=1S/C14H20N2O/c1-9-4-5-10-6-7-12(11(10)8-9)16-14(2,3)13(15)17/h4-5,8,12,16H,6-7H2,1-3H3,(H2,15,17). The van der Waals surface area contributed by atoms with Crippen LogP contribution in [0.3, 0.4) is 0 Å². The Morgan fingerprint density at radius 1 is 1.47 bits per heavy atom. The third-order valence-electron chi connectivity index (χ3n) is 3.53. The minimum Gasteiger partial charge on any atom is -0.368 e. The number of carbonyl (C=O) groups is 1. The molecular formula is C14H20N2O. The molecule has 1 aliphatic rings. The van der Waals surface area contributed by atoms with Crippen LogP contribution in [0.25, 0.3) is 0 Å². The smallest absolute Gasteiger partial charge is 0.237 e. The number of rotatable bonds is 3. The molecule has 1 unspecified atom stereocenters. The Balaban J connectivity index is 2.23. The first-order chi connectivity index (χ1) is 7.90. The van der Waals surface area contributed by atoms with Crippen molar-refractivity contribution in [3.63, 3.8) is 0 Å². The summed E-state index contributed by atoms with van der Waals surface area (Å²) in [6.45, 7) is 5.77. The van der Waals surface area contributed by atoms with Gasteiger partial charge >= 0.3 is 0 Å². The van der Waals surface area contributed by atoms with Crippen LogP contribution in [-0.4, -0.2) is 11.4 Å². The largest absolute Gasteiger partial charge is 0.368 e. The molecule has 0 heterocycles. The van der Waals surface area contributed by atoms with Crippen LogP contribution < -0.4 is 11.1 Å². The Labute approximate surface area is 102 Å². The van der Waals surface area contributed by atoms with E-state index in [1.807, 2.05) is 13.8 Å². The molecule has 3 nitrogen and oxygen atoms in total. The molecule has 0 spiro atoms. The van der Waals surface area contributed by atoms with Crippen molar-refractivity contribution in [3.8, 4) is 0 Å². The second-order valence-corrected chi connectivity index (χ2v) is 5.43. The van der Waals surface area contributed by atoms with E-state index in [9.17, 15) is 4.79 Å². The summed E-state index contributed by atoms with van der Waals surface area (Å²) in [5.74, 6) is -0.307. The van der Waals surface area contributed by atoms with E-state index in [0.717, 1.165) is 12.8 Å². The van der Waals surface area contributed by atoms with Crippen molar-refractivity contribution in [1.82, 2.24) is 5.32 Å². The monoisotopic (exact) mass is 232 g/mol. The summed E-state index contributed by atoms with van der Waals surface area (Å²) in [6, 6.07) is 6.77. The summed E-state index contributed by atoms with van der Waals surface area (Å²) >= 11 is 0. The van der Waals surface area contributed by atoms with Gasteiger partial charge in [-0.25, -0.2) is 0 Å². The Kier molecular flexibility index (Phi) is 2.96. The van der Waals surface area contributed by atoms with E-state index < -0.39 is 5.54 Å². The molecular weight excluding hydrogens is 212 g/mol. The van der Waals surface area contributed by atoms with Crippen LogP contribution in [0.1, 0.15) is 43.0 Å². The fourth-order valence-corrected chi connectivity index (χ4v) is 2.38. The van der Waals surface area contributed by atoms with Crippen LogP contribution in [0.4, 0.5) is 0 Å². The van der Waals surface area contributed by atoms with E-state index in [2.05, 4.69) is 30.4 Å². The van der Waals surface area contributed by atoms with E-state index in [1.54, 1.807) is 0 Å². The number of fused-ring (bicyclic) bond motifs is 1. The molecule has 1 aromatic rings. The number of hydrogen-bond donors (Lipinski definition) is 2. The molecule has 3 N–H and O–H groups in total. The molecule has 1 amide bonds. The topological polar surface area (TPSA) is 55.1 Å². The summed E-state index contributed by atoms with van der Waals surface area (Å²) in [6.07, 6.45) is 2.11. The number of amides is 1. The van der Waals surface area contributed by atoms with Gasteiger partial charge in [-0.1, -0.05) is 23.8 Å². The zero-order chi connectivity index (χ0) is 12.6. The van der Waals surface area contributed by atoms with Gasteiger partial charge in [0, 0.05) is 6.04 Å². The van der Waals surface area contributed by atoms with Crippen LogP contribution in [0.5, 0.6) is 0 Å². The molecule has 0 radical (unpaired) electrons. The van der Waals surface area contributed by atoms with Crippen molar-refractivity contribution in [2.75, 3.05) is 0 Å². The number of primary amides is 1. The van der Waals surface area contributed by atoms with E-state index in [4.69, 9.17) is 5.73 Å². The fourth-order valence-electron chi connectivity index (χ4n) is 2.38. The van der Waals surface area contributed by atoms with Crippen LogP contribution >= 0.6 is 0 Å². The third-order valence-corrected chi connectivity index (χ3v) is 3.53. The molecule has 0 saturated heterocycles. The lowest BCUT2D eigenvalue weighted by atomic mass is 9.99. The van der Waals surface area contributed by atoms with Crippen molar-refractivity contribution < 1.29 is 4.79 Å². The predicted octanol–water partition coefficient (Wildman–Crippen LogP) is 1.84. The van der Waals surface area contributed by atoms with Crippen LogP contribution in [0.15, 0.2) is 18.2 Å². The quantitative estimate of drug-likeness (QED) is 0.835. The van der Waals surface area contributed by atoms with Gasteiger partial charge in [0.2, 0.25) is 5.91 Å². The zero-order valence-electron chi connectivity index (χ0n) is 10.7. The van der Waals surface area contributed by atoms with Gasteiger partial charge in [-0.2, -0.15) is 0 Å². The molecule has 0 saturated carbocycles. The van der Waals surface area contributed by atoms with Crippen LogP contribution in [-0.2, 0) is 11.2 Å². The minimum absolute atomic E-state index is 0.243. The molecule has 3 heteroatoms. The van der Waals surface area contributed by atoms with Crippen molar-refractivity contribution in [2.45, 2.75) is 45.2 Å². The van der Waals surface area contributed by atoms with E-state index in [-0.39, 0.29) is 11.9 Å². The van der Waals surface area contributed by atoms with Gasteiger partial charge in [0.1, 0.15) is 0 Å². The maximum Gasteiger partial charge on any atom is 0.237 e. The molecule has 0 fully saturated rings. The lowest BCUT2D eigenvalue weighted by molar-refractivity contribution is -0.123. The van der Waals surface area contributed by atoms with E-state index in [1.165, 1.54) is 16.7 Å². The van der Waals surface area contributed by atoms with Crippen LogP contribution in [0, 0.1) is 6.92 Å². The van der Waals surface area contributed by atoms with Crippen molar-refractivity contribution in [2.24, 2.45) is 5.73 Å². The number of aryl methyl sites for hydroxylation is 2. The first kappa shape index (κ1) is 12.1. The highest BCUT2D eigenvalue weighted by Crippen LogP contribution is 2.33.